The van der Waals surface area contributed by atoms with E-state index in [1.807, 2.05) is 35.2 Å². The van der Waals surface area contributed by atoms with Gasteiger partial charge in [0.05, 0.1) is 54.0 Å². The molecule has 0 radical (unpaired) electrons. The Morgan fingerprint density at radius 1 is 1.10 bits per heavy atom. The number of hydrogen-bond acceptors (Lipinski definition) is 3. The van der Waals surface area contributed by atoms with Gasteiger partial charge in [0.2, 0.25) is 0 Å². The van der Waals surface area contributed by atoms with E-state index in [1.165, 1.54) is 15.9 Å². The molecule has 1 unspecified atom stereocenters. The highest BCUT2D eigenvalue weighted by Gasteiger charge is 2.26. The number of piperazine rings is 1. The second kappa shape index (κ2) is 11.1. The van der Waals surface area contributed by atoms with Crippen molar-refractivity contribution < 1.29 is 28.5 Å². The molecule has 2 aromatic carbocycles. The zero-order valence-corrected chi connectivity index (χ0v) is 18.7. The fourth-order valence-corrected chi connectivity index (χ4v) is 4.01. The largest absolute Gasteiger partial charge is 0.493 e. The summed E-state index contributed by atoms with van der Waals surface area (Å²) in [6.07, 6.45) is 0.861. The Labute approximate surface area is 184 Å². The number of benzene rings is 2. The normalized spacial score (nSPS) is 15.5. The third-order valence-electron chi connectivity index (χ3n) is 5.96. The lowest BCUT2D eigenvalue weighted by molar-refractivity contribution is -0.918. The Hall–Kier alpha value is -2.64. The Bertz CT molecular complexity index is 869. The number of ether oxygens (including phenoxy) is 2. The van der Waals surface area contributed by atoms with Gasteiger partial charge in [0, 0.05) is 12.0 Å². The topological polar surface area (TPSA) is 47.7 Å². The van der Waals surface area contributed by atoms with E-state index in [9.17, 15) is 9.18 Å². The smallest absolute Gasteiger partial charge is 0.278 e. The van der Waals surface area contributed by atoms with Crippen LogP contribution >= 0.6 is 0 Å². The SMILES string of the molecule is COc1ccc(CC[NH+](C)CC(=O)N2CC[NH+](Cc3ccccc3F)CC2)cc1OC. The number of rotatable bonds is 9. The minimum Gasteiger partial charge on any atom is -0.493 e. The van der Waals surface area contributed by atoms with E-state index in [4.69, 9.17) is 9.47 Å². The van der Waals surface area contributed by atoms with E-state index < -0.39 is 0 Å². The molecule has 0 aromatic heterocycles. The number of methoxy groups -OCH3 is 2. The van der Waals surface area contributed by atoms with Crippen molar-refractivity contribution in [3.63, 3.8) is 0 Å². The molecule has 1 saturated heterocycles. The van der Waals surface area contributed by atoms with Crippen LogP contribution in [-0.2, 0) is 17.8 Å². The lowest BCUT2D eigenvalue weighted by Crippen LogP contribution is -3.14. The number of quaternary nitrogens is 2. The third-order valence-corrected chi connectivity index (χ3v) is 5.96. The van der Waals surface area contributed by atoms with Crippen LogP contribution in [-0.4, -0.2) is 71.3 Å². The van der Waals surface area contributed by atoms with Gasteiger partial charge in [-0.3, -0.25) is 4.79 Å². The molecule has 0 bridgehead atoms. The van der Waals surface area contributed by atoms with Crippen LogP contribution in [0.1, 0.15) is 11.1 Å². The molecule has 3 rings (SSSR count). The third kappa shape index (κ3) is 6.42. The molecule has 0 aliphatic carbocycles. The van der Waals surface area contributed by atoms with E-state index in [0.717, 1.165) is 61.8 Å². The minimum atomic E-state index is -0.145. The molecule has 1 amide bonds. The van der Waals surface area contributed by atoms with Gasteiger partial charge in [-0.05, 0) is 23.8 Å². The fourth-order valence-electron chi connectivity index (χ4n) is 4.01. The minimum absolute atomic E-state index is 0.145. The summed E-state index contributed by atoms with van der Waals surface area (Å²) in [5, 5.41) is 0. The first-order chi connectivity index (χ1) is 15.0. The number of nitrogens with zero attached hydrogens (tertiary/aromatic N) is 1. The van der Waals surface area contributed by atoms with Gasteiger partial charge in [-0.25, -0.2) is 4.39 Å². The van der Waals surface area contributed by atoms with Crippen molar-refractivity contribution in [1.29, 1.82) is 0 Å². The molecule has 1 atom stereocenters. The Morgan fingerprint density at radius 2 is 1.81 bits per heavy atom. The predicted octanol–water partition coefficient (Wildman–Crippen LogP) is -0.173. The average molecular weight is 432 g/mol. The average Bonchev–Trinajstić information content (AvgIpc) is 2.79. The lowest BCUT2D eigenvalue weighted by Gasteiger charge is -2.32. The van der Waals surface area contributed by atoms with E-state index in [2.05, 4.69) is 7.05 Å². The first-order valence-corrected chi connectivity index (χ1v) is 10.9. The highest BCUT2D eigenvalue weighted by molar-refractivity contribution is 5.77. The highest BCUT2D eigenvalue weighted by Crippen LogP contribution is 2.27. The summed E-state index contributed by atoms with van der Waals surface area (Å²) in [7, 11) is 5.32. The summed E-state index contributed by atoms with van der Waals surface area (Å²) in [6, 6.07) is 12.9. The molecule has 2 aromatic rings. The first kappa shape index (κ1) is 23.0. The standard InChI is InChI=1S/C24H32FN3O3/c1-26(11-10-19-8-9-22(30-2)23(16-19)31-3)18-24(29)28-14-12-27(13-15-28)17-20-6-4-5-7-21(20)25/h4-9,16H,10-15,17-18H2,1-3H3/p+2. The van der Waals surface area contributed by atoms with Crippen LogP contribution in [0.2, 0.25) is 0 Å². The van der Waals surface area contributed by atoms with Crippen LogP contribution in [0.4, 0.5) is 4.39 Å². The molecule has 1 aliphatic heterocycles. The summed E-state index contributed by atoms with van der Waals surface area (Å²) >= 11 is 0. The van der Waals surface area contributed by atoms with Gasteiger partial charge in [-0.15, -0.1) is 0 Å². The van der Waals surface area contributed by atoms with E-state index in [1.54, 1.807) is 20.3 Å². The van der Waals surface area contributed by atoms with Crippen LogP contribution in [0.5, 0.6) is 11.5 Å². The van der Waals surface area contributed by atoms with E-state index in [0.29, 0.717) is 13.1 Å². The summed E-state index contributed by atoms with van der Waals surface area (Å²) in [5.74, 6) is 1.49. The molecule has 1 aliphatic rings. The fraction of sp³-hybridized carbons (Fsp3) is 0.458. The molecular weight excluding hydrogens is 397 g/mol. The van der Waals surface area contributed by atoms with Crippen LogP contribution in [0, 0.1) is 5.82 Å². The molecular formula is C24H34FN3O3+2. The second-order valence-corrected chi connectivity index (χ2v) is 8.22. The maximum absolute atomic E-state index is 13.9. The van der Waals surface area contributed by atoms with Crippen molar-refractivity contribution in [2.75, 3.05) is 60.5 Å². The van der Waals surface area contributed by atoms with Gasteiger partial charge in [-0.1, -0.05) is 24.3 Å². The number of amides is 1. The Kier molecular flexibility index (Phi) is 8.26. The van der Waals surface area contributed by atoms with Gasteiger partial charge in [0.1, 0.15) is 12.4 Å². The maximum atomic E-state index is 13.9. The van der Waals surface area contributed by atoms with Crippen molar-refractivity contribution in [3.8, 4) is 11.5 Å². The Balaban J connectivity index is 1.42. The van der Waals surface area contributed by atoms with Gasteiger partial charge in [0.15, 0.2) is 18.0 Å². The molecule has 168 valence electrons. The molecule has 1 heterocycles. The highest BCUT2D eigenvalue weighted by atomic mass is 19.1. The van der Waals surface area contributed by atoms with Crippen molar-refractivity contribution in [3.05, 3.63) is 59.4 Å². The number of likely N-dealkylation sites (N-methyl/N-ethyl adjacent to an activating group) is 1. The van der Waals surface area contributed by atoms with Gasteiger partial charge in [0.25, 0.3) is 5.91 Å². The van der Waals surface area contributed by atoms with Crippen molar-refractivity contribution >= 4 is 5.91 Å². The molecule has 31 heavy (non-hydrogen) atoms. The lowest BCUT2D eigenvalue weighted by atomic mass is 10.1. The van der Waals surface area contributed by atoms with Crippen LogP contribution in [0.15, 0.2) is 42.5 Å². The quantitative estimate of drug-likeness (QED) is 0.580. The zero-order valence-electron chi connectivity index (χ0n) is 18.7. The molecule has 0 spiro atoms. The number of hydrogen-bond donors (Lipinski definition) is 2. The zero-order chi connectivity index (χ0) is 22.2. The molecule has 2 N–H and O–H groups in total. The summed E-state index contributed by atoms with van der Waals surface area (Å²) in [6.45, 7) is 5.17. The number of nitrogens with one attached hydrogen (secondary N) is 2. The van der Waals surface area contributed by atoms with Gasteiger partial charge < -0.3 is 24.2 Å². The number of carbonyl (C=O) groups excluding carboxylic acids is 1. The second-order valence-electron chi connectivity index (χ2n) is 8.22. The van der Waals surface area contributed by atoms with Crippen molar-refractivity contribution in [2.24, 2.45) is 0 Å². The number of halogens is 1. The Morgan fingerprint density at radius 3 is 2.48 bits per heavy atom. The van der Waals surface area contributed by atoms with Crippen molar-refractivity contribution in [2.45, 2.75) is 13.0 Å². The van der Waals surface area contributed by atoms with Crippen molar-refractivity contribution in [1.82, 2.24) is 4.90 Å². The van der Waals surface area contributed by atoms with E-state index in [-0.39, 0.29) is 11.7 Å². The molecule has 7 heteroatoms. The van der Waals surface area contributed by atoms with Crippen LogP contribution in [0.3, 0.4) is 0 Å². The van der Waals surface area contributed by atoms with Crippen LogP contribution in [0.25, 0.3) is 0 Å². The molecule has 6 nitrogen and oxygen atoms in total. The summed E-state index contributed by atoms with van der Waals surface area (Å²) in [4.78, 5) is 17.2. The molecule has 1 fully saturated rings. The van der Waals surface area contributed by atoms with Gasteiger partial charge in [-0.2, -0.15) is 0 Å². The predicted molar refractivity (Wildman–Crippen MR) is 117 cm³/mol. The van der Waals surface area contributed by atoms with Gasteiger partial charge >= 0.3 is 0 Å². The first-order valence-electron chi connectivity index (χ1n) is 10.9. The van der Waals surface area contributed by atoms with Crippen LogP contribution < -0.4 is 19.3 Å². The summed E-state index contributed by atoms with van der Waals surface area (Å²) in [5.41, 5.74) is 1.91. The number of carbonyl (C=O) groups is 1. The molecule has 0 saturated carbocycles. The monoisotopic (exact) mass is 431 g/mol. The summed E-state index contributed by atoms with van der Waals surface area (Å²) < 4.78 is 24.5. The van der Waals surface area contributed by atoms with E-state index >= 15 is 0 Å². The maximum Gasteiger partial charge on any atom is 0.278 e.